The first kappa shape index (κ1) is 17.7. The minimum Gasteiger partial charge on any atom is -0.376 e. The van der Waals surface area contributed by atoms with Crippen LogP contribution in [0.3, 0.4) is 0 Å². The van der Waals surface area contributed by atoms with Gasteiger partial charge in [-0.2, -0.15) is 4.98 Å². The van der Waals surface area contributed by atoms with E-state index in [4.69, 9.17) is 14.7 Å². The van der Waals surface area contributed by atoms with Gasteiger partial charge in [0.15, 0.2) is 0 Å². The maximum absolute atomic E-state index is 11.0. The van der Waals surface area contributed by atoms with E-state index in [1.165, 1.54) is 0 Å². The highest BCUT2D eigenvalue weighted by Gasteiger charge is 2.20. The van der Waals surface area contributed by atoms with Crippen molar-refractivity contribution in [2.75, 3.05) is 49.5 Å². The first-order chi connectivity index (χ1) is 13.3. The number of hydrogen-bond acceptors (Lipinski definition) is 6. The van der Waals surface area contributed by atoms with Crippen LogP contribution in [-0.4, -0.2) is 66.7 Å². The number of rotatable bonds is 6. The molecule has 0 saturated carbocycles. The number of hydrogen-bond donors (Lipinski definition) is 1. The number of nitrogens with zero attached hydrogens (tertiary/aromatic N) is 4. The van der Waals surface area contributed by atoms with Crippen LogP contribution in [0.15, 0.2) is 36.4 Å². The lowest BCUT2D eigenvalue weighted by Gasteiger charge is -2.32. The Balaban J connectivity index is 1.57. The Kier molecular flexibility index (Phi) is 5.48. The third-order valence-corrected chi connectivity index (χ3v) is 5.06. The van der Waals surface area contributed by atoms with E-state index in [9.17, 15) is 4.79 Å². The summed E-state index contributed by atoms with van der Waals surface area (Å²) in [5.74, 6) is 1.52. The van der Waals surface area contributed by atoms with Crippen LogP contribution in [0, 0.1) is 0 Å². The zero-order valence-corrected chi connectivity index (χ0v) is 15.4. The minimum atomic E-state index is 0.250. The van der Waals surface area contributed by atoms with Gasteiger partial charge in [-0.1, -0.05) is 30.3 Å². The molecule has 1 aromatic heterocycles. The Morgan fingerprint density at radius 3 is 2.67 bits per heavy atom. The summed E-state index contributed by atoms with van der Waals surface area (Å²) >= 11 is 0. The summed E-state index contributed by atoms with van der Waals surface area (Å²) in [4.78, 5) is 24.4. The summed E-state index contributed by atoms with van der Waals surface area (Å²) in [6.07, 6.45) is 3.37. The fraction of sp³-hybridized carbons (Fsp3) is 0.450. The molecular formula is C20H25N5O2. The molecule has 1 aromatic carbocycles. The molecule has 3 heterocycles. The molecule has 0 bridgehead atoms. The van der Waals surface area contributed by atoms with Gasteiger partial charge in [0.25, 0.3) is 0 Å². The van der Waals surface area contributed by atoms with Gasteiger partial charge in [-0.3, -0.25) is 4.79 Å². The van der Waals surface area contributed by atoms with Gasteiger partial charge in [-0.05, 0) is 12.8 Å². The molecule has 4 rings (SSSR count). The lowest BCUT2D eigenvalue weighted by Crippen LogP contribution is -2.46. The Morgan fingerprint density at radius 2 is 1.96 bits per heavy atom. The average Bonchev–Trinajstić information content (AvgIpc) is 3.26. The number of nitrogens with one attached hydrogen (secondary N) is 1. The SMILES string of the molecule is O=CN1CCN(c2nc(NCC3CCCO3)cc(-c3ccccc3)n2)CC1. The number of aromatic nitrogens is 2. The monoisotopic (exact) mass is 367 g/mol. The maximum atomic E-state index is 11.0. The molecule has 7 heteroatoms. The molecule has 0 radical (unpaired) electrons. The van der Waals surface area contributed by atoms with E-state index >= 15 is 0 Å². The fourth-order valence-corrected chi connectivity index (χ4v) is 3.47. The molecule has 1 N–H and O–H groups in total. The van der Waals surface area contributed by atoms with E-state index in [-0.39, 0.29) is 6.10 Å². The predicted octanol–water partition coefficient (Wildman–Crippen LogP) is 2.01. The van der Waals surface area contributed by atoms with Gasteiger partial charge < -0.3 is 19.9 Å². The van der Waals surface area contributed by atoms with Crippen molar-refractivity contribution in [3.8, 4) is 11.3 Å². The van der Waals surface area contributed by atoms with E-state index in [1.807, 2.05) is 24.3 Å². The summed E-state index contributed by atoms with van der Waals surface area (Å²) in [7, 11) is 0. The number of ether oxygens (including phenoxy) is 1. The first-order valence-electron chi connectivity index (χ1n) is 9.56. The van der Waals surface area contributed by atoms with Crippen LogP contribution in [0.1, 0.15) is 12.8 Å². The molecule has 2 aliphatic heterocycles. The van der Waals surface area contributed by atoms with Gasteiger partial charge in [0.2, 0.25) is 12.4 Å². The molecule has 27 heavy (non-hydrogen) atoms. The summed E-state index contributed by atoms with van der Waals surface area (Å²) in [6, 6.07) is 12.1. The topological polar surface area (TPSA) is 70.6 Å². The standard InChI is InChI=1S/C20H25N5O2/c26-15-24-8-10-25(11-9-24)20-22-18(16-5-2-1-3-6-16)13-19(23-20)21-14-17-7-4-12-27-17/h1-3,5-6,13,15,17H,4,7-12,14H2,(H,21,22,23). The zero-order chi connectivity index (χ0) is 18.5. The zero-order valence-electron chi connectivity index (χ0n) is 15.4. The quantitative estimate of drug-likeness (QED) is 0.788. The average molecular weight is 367 g/mol. The molecule has 142 valence electrons. The highest BCUT2D eigenvalue weighted by atomic mass is 16.5. The second kappa shape index (κ2) is 8.35. The number of benzene rings is 1. The number of amides is 1. The van der Waals surface area contributed by atoms with E-state index < -0.39 is 0 Å². The Hall–Kier alpha value is -2.67. The molecule has 1 amide bonds. The number of anilines is 2. The number of carbonyl (C=O) groups excluding carboxylic acids is 1. The van der Waals surface area contributed by atoms with Crippen molar-refractivity contribution in [2.45, 2.75) is 18.9 Å². The lowest BCUT2D eigenvalue weighted by molar-refractivity contribution is -0.118. The van der Waals surface area contributed by atoms with Crippen molar-refractivity contribution in [3.05, 3.63) is 36.4 Å². The summed E-state index contributed by atoms with van der Waals surface area (Å²) in [5.41, 5.74) is 1.96. The predicted molar refractivity (Wildman–Crippen MR) is 105 cm³/mol. The minimum absolute atomic E-state index is 0.250. The third-order valence-electron chi connectivity index (χ3n) is 5.06. The van der Waals surface area contributed by atoms with Crippen LogP contribution in [0.2, 0.25) is 0 Å². The molecule has 2 aliphatic rings. The molecule has 0 aliphatic carbocycles. The van der Waals surface area contributed by atoms with Crippen LogP contribution in [-0.2, 0) is 9.53 Å². The summed E-state index contributed by atoms with van der Waals surface area (Å²) in [6.45, 7) is 4.47. The highest BCUT2D eigenvalue weighted by Crippen LogP contribution is 2.24. The third kappa shape index (κ3) is 4.36. The van der Waals surface area contributed by atoms with Gasteiger partial charge in [-0.15, -0.1) is 0 Å². The molecule has 1 atom stereocenters. The van der Waals surface area contributed by atoms with Crippen LogP contribution < -0.4 is 10.2 Å². The largest absolute Gasteiger partial charge is 0.376 e. The Labute approximate surface area is 159 Å². The van der Waals surface area contributed by atoms with Gasteiger partial charge >= 0.3 is 0 Å². The van der Waals surface area contributed by atoms with Gasteiger partial charge in [-0.25, -0.2) is 4.98 Å². The van der Waals surface area contributed by atoms with Crippen molar-refractivity contribution < 1.29 is 9.53 Å². The maximum Gasteiger partial charge on any atom is 0.227 e. The van der Waals surface area contributed by atoms with Crippen molar-refractivity contribution in [2.24, 2.45) is 0 Å². The highest BCUT2D eigenvalue weighted by molar-refractivity contribution is 5.64. The van der Waals surface area contributed by atoms with Crippen molar-refractivity contribution in [3.63, 3.8) is 0 Å². The van der Waals surface area contributed by atoms with Crippen molar-refractivity contribution in [1.82, 2.24) is 14.9 Å². The first-order valence-corrected chi connectivity index (χ1v) is 9.56. The van der Waals surface area contributed by atoms with Crippen LogP contribution >= 0.6 is 0 Å². The van der Waals surface area contributed by atoms with Crippen LogP contribution in [0.5, 0.6) is 0 Å². The number of carbonyl (C=O) groups is 1. The van der Waals surface area contributed by atoms with Crippen molar-refractivity contribution in [1.29, 1.82) is 0 Å². The van der Waals surface area contributed by atoms with Crippen LogP contribution in [0.4, 0.5) is 11.8 Å². The van der Waals surface area contributed by atoms with Crippen molar-refractivity contribution >= 4 is 18.2 Å². The fourth-order valence-electron chi connectivity index (χ4n) is 3.47. The molecule has 0 spiro atoms. The van der Waals surface area contributed by atoms with E-state index in [1.54, 1.807) is 4.90 Å². The molecule has 2 saturated heterocycles. The molecule has 2 aromatic rings. The summed E-state index contributed by atoms with van der Waals surface area (Å²) < 4.78 is 5.71. The van der Waals surface area contributed by atoms with Gasteiger partial charge in [0.05, 0.1) is 11.8 Å². The number of piperazine rings is 1. The Morgan fingerprint density at radius 1 is 1.15 bits per heavy atom. The van der Waals surface area contributed by atoms with Crippen LogP contribution in [0.25, 0.3) is 11.3 Å². The van der Waals surface area contributed by atoms with E-state index in [0.29, 0.717) is 19.0 Å². The molecule has 2 fully saturated rings. The summed E-state index contributed by atoms with van der Waals surface area (Å²) in [5, 5.41) is 3.43. The van der Waals surface area contributed by atoms with E-state index in [2.05, 4.69) is 22.3 Å². The smallest absolute Gasteiger partial charge is 0.227 e. The second-order valence-electron chi connectivity index (χ2n) is 6.95. The van der Waals surface area contributed by atoms with Gasteiger partial charge in [0.1, 0.15) is 5.82 Å². The second-order valence-corrected chi connectivity index (χ2v) is 6.95. The molecule has 1 unspecified atom stereocenters. The van der Waals surface area contributed by atoms with Gasteiger partial charge in [0, 0.05) is 51.0 Å². The molecule has 7 nitrogen and oxygen atoms in total. The normalized spacial score (nSPS) is 19.9. The molecular weight excluding hydrogens is 342 g/mol. The Bertz CT molecular complexity index is 756. The lowest BCUT2D eigenvalue weighted by atomic mass is 10.1. The van der Waals surface area contributed by atoms with E-state index in [0.717, 1.165) is 62.6 Å².